The number of aromatic nitrogens is 1. The number of aryl methyl sites for hydroxylation is 1. The molecule has 1 fully saturated rings. The third-order valence-electron chi connectivity index (χ3n) is 3.90. The standard InChI is InChI=1S/C15H24BrN3O/c1-19-11-12(16)10-14(19)15(20)18-9-8-17-13-6-4-2-3-5-7-13/h10-11,13,17H,2-9H2,1H3,(H,18,20). The summed E-state index contributed by atoms with van der Waals surface area (Å²) in [5, 5.41) is 6.52. The molecule has 1 amide bonds. The zero-order chi connectivity index (χ0) is 14.4. The summed E-state index contributed by atoms with van der Waals surface area (Å²) in [6.45, 7) is 1.53. The highest BCUT2D eigenvalue weighted by atomic mass is 79.9. The lowest BCUT2D eigenvalue weighted by Crippen LogP contribution is -2.37. The van der Waals surface area contributed by atoms with Gasteiger partial charge in [0.15, 0.2) is 0 Å². The van der Waals surface area contributed by atoms with Gasteiger partial charge < -0.3 is 15.2 Å². The number of nitrogens with zero attached hydrogens (tertiary/aromatic N) is 1. The maximum absolute atomic E-state index is 12.0. The highest BCUT2D eigenvalue weighted by Crippen LogP contribution is 2.17. The fraction of sp³-hybridized carbons (Fsp3) is 0.667. The van der Waals surface area contributed by atoms with E-state index in [1.807, 2.05) is 23.9 Å². The number of amides is 1. The summed E-state index contributed by atoms with van der Waals surface area (Å²) in [6.07, 6.45) is 9.85. The Morgan fingerprint density at radius 3 is 2.60 bits per heavy atom. The lowest BCUT2D eigenvalue weighted by molar-refractivity contribution is 0.0945. The van der Waals surface area contributed by atoms with Gasteiger partial charge in [0, 0.05) is 36.8 Å². The minimum atomic E-state index is -0.0131. The van der Waals surface area contributed by atoms with Crippen molar-refractivity contribution in [2.45, 2.75) is 44.6 Å². The van der Waals surface area contributed by atoms with Gasteiger partial charge in [0.25, 0.3) is 5.91 Å². The molecule has 0 saturated heterocycles. The molecule has 0 aromatic carbocycles. The van der Waals surface area contributed by atoms with E-state index in [0.717, 1.165) is 11.0 Å². The van der Waals surface area contributed by atoms with Crippen molar-refractivity contribution in [3.05, 3.63) is 22.4 Å². The average Bonchev–Trinajstić information content (AvgIpc) is 2.64. The summed E-state index contributed by atoms with van der Waals surface area (Å²) in [4.78, 5) is 12.0. The quantitative estimate of drug-likeness (QED) is 0.639. The van der Waals surface area contributed by atoms with Gasteiger partial charge in [0.2, 0.25) is 0 Å². The van der Waals surface area contributed by atoms with Crippen molar-refractivity contribution in [1.29, 1.82) is 0 Å². The first-order valence-corrected chi connectivity index (χ1v) is 8.29. The molecule has 20 heavy (non-hydrogen) atoms. The van der Waals surface area contributed by atoms with Gasteiger partial charge in [-0.05, 0) is 34.8 Å². The SMILES string of the molecule is Cn1cc(Br)cc1C(=O)NCCNC1CCCCCC1. The molecule has 0 aliphatic heterocycles. The number of halogens is 1. The van der Waals surface area contributed by atoms with Gasteiger partial charge in [-0.1, -0.05) is 25.7 Å². The molecule has 1 saturated carbocycles. The minimum absolute atomic E-state index is 0.0131. The van der Waals surface area contributed by atoms with E-state index in [0.29, 0.717) is 18.3 Å². The molecule has 1 aliphatic rings. The van der Waals surface area contributed by atoms with Crippen molar-refractivity contribution in [3.8, 4) is 0 Å². The maximum Gasteiger partial charge on any atom is 0.267 e. The molecular formula is C15H24BrN3O. The minimum Gasteiger partial charge on any atom is -0.349 e. The summed E-state index contributed by atoms with van der Waals surface area (Å²) in [5.41, 5.74) is 0.686. The van der Waals surface area contributed by atoms with Crippen LogP contribution in [0, 0.1) is 0 Å². The maximum atomic E-state index is 12.0. The fourth-order valence-electron chi connectivity index (χ4n) is 2.78. The highest BCUT2D eigenvalue weighted by Gasteiger charge is 2.12. The van der Waals surface area contributed by atoms with Gasteiger partial charge in [0.1, 0.15) is 5.69 Å². The number of carbonyl (C=O) groups excluding carboxylic acids is 1. The van der Waals surface area contributed by atoms with E-state index in [1.54, 1.807) is 0 Å². The molecule has 1 heterocycles. The van der Waals surface area contributed by atoms with E-state index in [2.05, 4.69) is 26.6 Å². The Kier molecular flexibility index (Phi) is 6.10. The van der Waals surface area contributed by atoms with E-state index in [4.69, 9.17) is 0 Å². The van der Waals surface area contributed by atoms with Gasteiger partial charge in [0.05, 0.1) is 0 Å². The molecule has 2 rings (SSSR count). The van der Waals surface area contributed by atoms with Crippen LogP contribution < -0.4 is 10.6 Å². The van der Waals surface area contributed by atoms with Crippen LogP contribution in [0.2, 0.25) is 0 Å². The van der Waals surface area contributed by atoms with Crippen LogP contribution in [-0.2, 0) is 7.05 Å². The van der Waals surface area contributed by atoms with E-state index >= 15 is 0 Å². The summed E-state index contributed by atoms with van der Waals surface area (Å²) in [6, 6.07) is 2.48. The Labute approximate surface area is 129 Å². The molecule has 0 unspecified atom stereocenters. The molecule has 2 N–H and O–H groups in total. The van der Waals surface area contributed by atoms with Crippen molar-refractivity contribution >= 4 is 21.8 Å². The molecule has 0 bridgehead atoms. The Bertz CT molecular complexity index is 436. The van der Waals surface area contributed by atoms with Crippen LogP contribution >= 0.6 is 15.9 Å². The predicted molar refractivity (Wildman–Crippen MR) is 84.9 cm³/mol. The molecule has 1 aromatic rings. The summed E-state index contributed by atoms with van der Waals surface area (Å²) in [7, 11) is 1.88. The molecule has 1 aliphatic carbocycles. The number of rotatable bonds is 5. The first kappa shape index (κ1) is 15.6. The zero-order valence-electron chi connectivity index (χ0n) is 12.1. The Balaban J connectivity index is 1.67. The van der Waals surface area contributed by atoms with Gasteiger partial charge in [-0.3, -0.25) is 4.79 Å². The number of nitrogens with one attached hydrogen (secondary N) is 2. The van der Waals surface area contributed by atoms with Crippen LogP contribution in [0.5, 0.6) is 0 Å². The summed E-state index contributed by atoms with van der Waals surface area (Å²) >= 11 is 3.38. The van der Waals surface area contributed by atoms with Crippen molar-refractivity contribution in [1.82, 2.24) is 15.2 Å². The van der Waals surface area contributed by atoms with Gasteiger partial charge in [-0.15, -0.1) is 0 Å². The molecule has 0 atom stereocenters. The second-order valence-corrected chi connectivity index (χ2v) is 6.47. The average molecular weight is 342 g/mol. The van der Waals surface area contributed by atoms with Crippen LogP contribution in [0.1, 0.15) is 49.0 Å². The van der Waals surface area contributed by atoms with E-state index in [-0.39, 0.29) is 5.91 Å². The topological polar surface area (TPSA) is 46.1 Å². The number of carbonyl (C=O) groups is 1. The summed E-state index contributed by atoms with van der Waals surface area (Å²) in [5.74, 6) is -0.0131. The molecule has 112 valence electrons. The van der Waals surface area contributed by atoms with Crippen LogP contribution in [0.25, 0.3) is 0 Å². The largest absolute Gasteiger partial charge is 0.349 e. The van der Waals surface area contributed by atoms with Gasteiger partial charge in [-0.2, -0.15) is 0 Å². The monoisotopic (exact) mass is 341 g/mol. The van der Waals surface area contributed by atoms with Crippen LogP contribution in [0.3, 0.4) is 0 Å². The number of hydrogen-bond acceptors (Lipinski definition) is 2. The normalized spacial score (nSPS) is 16.9. The lowest BCUT2D eigenvalue weighted by atomic mass is 10.1. The molecule has 1 aromatic heterocycles. The first-order chi connectivity index (χ1) is 9.66. The Hall–Kier alpha value is -0.810. The second kappa shape index (κ2) is 7.84. The fourth-order valence-corrected chi connectivity index (χ4v) is 3.30. The zero-order valence-corrected chi connectivity index (χ0v) is 13.7. The smallest absolute Gasteiger partial charge is 0.267 e. The van der Waals surface area contributed by atoms with E-state index < -0.39 is 0 Å². The third kappa shape index (κ3) is 4.63. The second-order valence-electron chi connectivity index (χ2n) is 5.55. The molecule has 0 spiro atoms. The van der Waals surface area contributed by atoms with Crippen molar-refractivity contribution in [2.75, 3.05) is 13.1 Å². The van der Waals surface area contributed by atoms with Gasteiger partial charge in [-0.25, -0.2) is 0 Å². The number of hydrogen-bond donors (Lipinski definition) is 2. The van der Waals surface area contributed by atoms with E-state index in [9.17, 15) is 4.79 Å². The van der Waals surface area contributed by atoms with Crippen molar-refractivity contribution in [3.63, 3.8) is 0 Å². The van der Waals surface area contributed by atoms with Crippen molar-refractivity contribution in [2.24, 2.45) is 7.05 Å². The molecular weight excluding hydrogens is 318 g/mol. The molecule has 0 radical (unpaired) electrons. The van der Waals surface area contributed by atoms with Gasteiger partial charge >= 0.3 is 0 Å². The van der Waals surface area contributed by atoms with Crippen LogP contribution in [0.15, 0.2) is 16.7 Å². The Morgan fingerprint density at radius 2 is 2.00 bits per heavy atom. The van der Waals surface area contributed by atoms with Crippen LogP contribution in [-0.4, -0.2) is 29.6 Å². The van der Waals surface area contributed by atoms with Crippen molar-refractivity contribution < 1.29 is 4.79 Å². The first-order valence-electron chi connectivity index (χ1n) is 7.50. The highest BCUT2D eigenvalue weighted by molar-refractivity contribution is 9.10. The van der Waals surface area contributed by atoms with E-state index in [1.165, 1.54) is 38.5 Å². The Morgan fingerprint density at radius 1 is 1.30 bits per heavy atom. The lowest BCUT2D eigenvalue weighted by Gasteiger charge is -2.16. The third-order valence-corrected chi connectivity index (χ3v) is 4.34. The molecule has 5 heteroatoms. The molecule has 4 nitrogen and oxygen atoms in total. The van der Waals surface area contributed by atoms with Crippen LogP contribution in [0.4, 0.5) is 0 Å². The predicted octanol–water partition coefficient (Wildman–Crippen LogP) is 2.83. The summed E-state index contributed by atoms with van der Waals surface area (Å²) < 4.78 is 2.76.